The minimum atomic E-state index is -0.808. The molecule has 0 radical (unpaired) electrons. The summed E-state index contributed by atoms with van der Waals surface area (Å²) in [6.45, 7) is 5.17. The molecule has 0 bridgehead atoms. The summed E-state index contributed by atoms with van der Waals surface area (Å²) in [5.74, 6) is -1.61. The Hall–Kier alpha value is -3.04. The Morgan fingerprint density at radius 2 is 1.28 bits per heavy atom. The third kappa shape index (κ3) is 7.54. The number of hydrogen-bond donors (Lipinski definition) is 0. The van der Waals surface area contributed by atoms with E-state index in [-0.39, 0.29) is 11.2 Å². The second-order valence-electron chi connectivity index (χ2n) is 10.7. The fourth-order valence-electron chi connectivity index (χ4n) is 5.35. The van der Waals surface area contributed by atoms with Gasteiger partial charge in [0.05, 0.1) is 5.60 Å². The number of rotatable bonds is 14. The standard InChI is InChI=1S/C36H42F2O/c1-3-5-7-8-13-27-39-36(24-12-6-4-2)25-22-31(23-26-36)33-21-20-32(34(37)35(33)38)30-18-16-29(17-19-30)28-14-10-9-11-15-28/h9-11,14-23,25H,3-8,12-13,24,26-27H2,1-2H3. The second kappa shape index (κ2) is 14.4. The predicted molar refractivity (Wildman–Crippen MR) is 161 cm³/mol. The number of hydrogen-bond acceptors (Lipinski definition) is 1. The summed E-state index contributed by atoms with van der Waals surface area (Å²) >= 11 is 0. The first-order valence-corrected chi connectivity index (χ1v) is 14.7. The van der Waals surface area contributed by atoms with Crippen LogP contribution in [0.5, 0.6) is 0 Å². The lowest BCUT2D eigenvalue weighted by molar-refractivity contribution is -0.0164. The van der Waals surface area contributed by atoms with Crippen LogP contribution in [0.4, 0.5) is 8.78 Å². The van der Waals surface area contributed by atoms with Crippen LogP contribution in [0.1, 0.15) is 83.6 Å². The van der Waals surface area contributed by atoms with Crippen LogP contribution in [0.2, 0.25) is 0 Å². The zero-order valence-corrected chi connectivity index (χ0v) is 23.5. The van der Waals surface area contributed by atoms with Gasteiger partial charge in [0.25, 0.3) is 0 Å². The summed E-state index contributed by atoms with van der Waals surface area (Å²) in [6.07, 6.45) is 17.1. The number of allylic oxidation sites excluding steroid dienone is 2. The van der Waals surface area contributed by atoms with Crippen LogP contribution in [0.25, 0.3) is 27.8 Å². The zero-order valence-electron chi connectivity index (χ0n) is 23.5. The van der Waals surface area contributed by atoms with Gasteiger partial charge in [-0.25, -0.2) is 8.78 Å². The van der Waals surface area contributed by atoms with Gasteiger partial charge >= 0.3 is 0 Å². The van der Waals surface area contributed by atoms with Crippen LogP contribution in [0.3, 0.4) is 0 Å². The van der Waals surface area contributed by atoms with Gasteiger partial charge in [0.1, 0.15) is 0 Å². The van der Waals surface area contributed by atoms with Gasteiger partial charge in [0.2, 0.25) is 0 Å². The lowest BCUT2D eigenvalue weighted by Crippen LogP contribution is -2.31. The Balaban J connectivity index is 1.47. The van der Waals surface area contributed by atoms with Crippen LogP contribution < -0.4 is 0 Å². The van der Waals surface area contributed by atoms with Crippen LogP contribution in [-0.4, -0.2) is 12.2 Å². The number of ether oxygens (including phenoxy) is 1. The first-order chi connectivity index (χ1) is 19.1. The van der Waals surface area contributed by atoms with Crippen molar-refractivity contribution in [2.75, 3.05) is 6.61 Å². The molecule has 0 heterocycles. The molecule has 3 aromatic rings. The van der Waals surface area contributed by atoms with Gasteiger partial charge in [0.15, 0.2) is 11.6 Å². The lowest BCUT2D eigenvalue weighted by Gasteiger charge is -2.33. The topological polar surface area (TPSA) is 9.23 Å². The van der Waals surface area contributed by atoms with E-state index in [1.165, 1.54) is 32.1 Å². The van der Waals surface area contributed by atoms with Crippen LogP contribution in [0.15, 0.2) is 85.0 Å². The summed E-state index contributed by atoms with van der Waals surface area (Å²) in [5.41, 5.74) is 3.74. The number of halogens is 2. The van der Waals surface area contributed by atoms with Crippen LogP contribution >= 0.6 is 0 Å². The van der Waals surface area contributed by atoms with E-state index >= 15 is 8.78 Å². The molecule has 1 aliphatic carbocycles. The van der Waals surface area contributed by atoms with Crippen molar-refractivity contribution in [3.63, 3.8) is 0 Å². The second-order valence-corrected chi connectivity index (χ2v) is 10.7. The molecule has 0 aromatic heterocycles. The van der Waals surface area contributed by atoms with E-state index < -0.39 is 11.6 Å². The summed E-state index contributed by atoms with van der Waals surface area (Å²) < 4.78 is 37.2. The molecule has 3 heteroatoms. The first kappa shape index (κ1) is 29.0. The summed E-state index contributed by atoms with van der Waals surface area (Å²) in [5, 5.41) is 0. The van der Waals surface area contributed by atoms with Crippen molar-refractivity contribution in [3.8, 4) is 22.3 Å². The van der Waals surface area contributed by atoms with E-state index in [4.69, 9.17) is 4.74 Å². The van der Waals surface area contributed by atoms with Crippen molar-refractivity contribution in [3.05, 3.63) is 102 Å². The molecular weight excluding hydrogens is 486 g/mol. The molecule has 0 spiro atoms. The Morgan fingerprint density at radius 3 is 1.97 bits per heavy atom. The molecule has 0 fully saturated rings. The van der Waals surface area contributed by atoms with E-state index in [0.29, 0.717) is 17.5 Å². The van der Waals surface area contributed by atoms with E-state index in [0.717, 1.165) is 49.0 Å². The van der Waals surface area contributed by atoms with E-state index in [9.17, 15) is 0 Å². The first-order valence-electron chi connectivity index (χ1n) is 14.7. The molecule has 1 nitrogen and oxygen atoms in total. The Bertz CT molecular complexity index is 1240. The van der Waals surface area contributed by atoms with E-state index in [1.54, 1.807) is 12.1 Å². The quantitative estimate of drug-likeness (QED) is 0.189. The number of benzene rings is 3. The van der Waals surface area contributed by atoms with Gasteiger partial charge in [-0.3, -0.25) is 0 Å². The minimum Gasteiger partial charge on any atom is -0.371 e. The van der Waals surface area contributed by atoms with Gasteiger partial charge in [-0.2, -0.15) is 0 Å². The molecule has 3 aromatic carbocycles. The highest BCUT2D eigenvalue weighted by Crippen LogP contribution is 2.37. The largest absolute Gasteiger partial charge is 0.371 e. The summed E-state index contributed by atoms with van der Waals surface area (Å²) in [4.78, 5) is 0. The van der Waals surface area contributed by atoms with E-state index in [1.807, 2.05) is 66.7 Å². The molecular formula is C36H42F2O. The normalized spacial score (nSPS) is 16.9. The fourth-order valence-corrected chi connectivity index (χ4v) is 5.35. The third-order valence-electron chi connectivity index (χ3n) is 7.77. The minimum absolute atomic E-state index is 0.275. The molecule has 206 valence electrons. The third-order valence-corrected chi connectivity index (χ3v) is 7.77. The Labute approximate surface area is 233 Å². The smallest absolute Gasteiger partial charge is 0.167 e. The van der Waals surface area contributed by atoms with E-state index in [2.05, 4.69) is 19.9 Å². The molecule has 0 amide bonds. The monoisotopic (exact) mass is 528 g/mol. The summed E-state index contributed by atoms with van der Waals surface area (Å²) in [7, 11) is 0. The molecule has 0 saturated heterocycles. The molecule has 4 rings (SSSR count). The SMILES string of the molecule is CCCCCCCOC1(CCCCC)C=CC(c2ccc(-c3ccc(-c4ccccc4)cc3)c(F)c2F)=CC1. The highest BCUT2D eigenvalue weighted by molar-refractivity contribution is 5.78. The Morgan fingerprint density at radius 1 is 0.667 bits per heavy atom. The average molecular weight is 529 g/mol. The van der Waals surface area contributed by atoms with Crippen LogP contribution in [0, 0.1) is 11.6 Å². The van der Waals surface area contributed by atoms with Crippen molar-refractivity contribution >= 4 is 5.57 Å². The highest BCUT2D eigenvalue weighted by Gasteiger charge is 2.29. The van der Waals surface area contributed by atoms with Crippen molar-refractivity contribution < 1.29 is 13.5 Å². The van der Waals surface area contributed by atoms with Crippen molar-refractivity contribution in [2.24, 2.45) is 0 Å². The zero-order chi connectivity index (χ0) is 27.5. The highest BCUT2D eigenvalue weighted by atomic mass is 19.2. The van der Waals surface area contributed by atoms with Gasteiger partial charge in [-0.1, -0.05) is 144 Å². The lowest BCUT2D eigenvalue weighted by atomic mass is 9.85. The molecule has 1 atom stereocenters. The molecule has 0 N–H and O–H groups in total. The van der Waals surface area contributed by atoms with Crippen LogP contribution in [-0.2, 0) is 4.74 Å². The molecule has 0 aliphatic heterocycles. The van der Waals surface area contributed by atoms with Crippen molar-refractivity contribution in [1.82, 2.24) is 0 Å². The molecule has 1 unspecified atom stereocenters. The maximum absolute atomic E-state index is 15.4. The van der Waals surface area contributed by atoms with Crippen molar-refractivity contribution in [2.45, 2.75) is 83.7 Å². The predicted octanol–water partition coefficient (Wildman–Crippen LogP) is 10.9. The fraction of sp³-hybridized carbons (Fsp3) is 0.389. The average Bonchev–Trinajstić information content (AvgIpc) is 2.98. The molecule has 39 heavy (non-hydrogen) atoms. The molecule has 0 saturated carbocycles. The number of unbranched alkanes of at least 4 members (excludes halogenated alkanes) is 6. The van der Waals surface area contributed by atoms with Gasteiger partial charge in [0, 0.05) is 17.7 Å². The summed E-state index contributed by atoms with van der Waals surface area (Å²) in [6, 6.07) is 21.0. The van der Waals surface area contributed by atoms with Crippen molar-refractivity contribution in [1.29, 1.82) is 0 Å². The van der Waals surface area contributed by atoms with Gasteiger partial charge in [-0.05, 0) is 41.5 Å². The maximum Gasteiger partial charge on any atom is 0.167 e. The van der Waals surface area contributed by atoms with Gasteiger partial charge < -0.3 is 4.74 Å². The Kier molecular flexibility index (Phi) is 10.7. The van der Waals surface area contributed by atoms with Gasteiger partial charge in [-0.15, -0.1) is 0 Å². The molecule has 1 aliphatic rings. The maximum atomic E-state index is 15.4.